The van der Waals surface area contributed by atoms with E-state index < -0.39 is 17.7 Å². The fraction of sp³-hybridized carbons (Fsp3) is 0.360. The van der Waals surface area contributed by atoms with Crippen LogP contribution in [-0.4, -0.2) is 39.2 Å². The SMILES string of the molecule is Cc1cc(Br)cn(CC(=O)N2CCC(c3nc(C4=NOC(c5c(F)cccc5F)C4)cs3)CC2)c1=O. The number of thiazole rings is 1. The average molecular weight is 577 g/mol. The summed E-state index contributed by atoms with van der Waals surface area (Å²) in [4.78, 5) is 37.0. The van der Waals surface area contributed by atoms with Gasteiger partial charge in [-0.05, 0) is 53.9 Å². The lowest BCUT2D eigenvalue weighted by molar-refractivity contribution is -0.132. The highest BCUT2D eigenvalue weighted by Crippen LogP contribution is 2.35. The van der Waals surface area contributed by atoms with Crippen molar-refractivity contribution in [2.45, 2.75) is 44.8 Å². The third kappa shape index (κ3) is 4.99. The van der Waals surface area contributed by atoms with Crippen LogP contribution in [0, 0.1) is 18.6 Å². The third-order valence-electron chi connectivity index (χ3n) is 6.54. The van der Waals surface area contributed by atoms with E-state index in [1.165, 1.54) is 34.1 Å². The van der Waals surface area contributed by atoms with Crippen LogP contribution in [0.2, 0.25) is 0 Å². The molecule has 1 saturated heterocycles. The van der Waals surface area contributed by atoms with Gasteiger partial charge in [0, 0.05) is 47.0 Å². The van der Waals surface area contributed by atoms with E-state index in [9.17, 15) is 18.4 Å². The molecule has 0 radical (unpaired) electrons. The van der Waals surface area contributed by atoms with Crippen molar-refractivity contribution < 1.29 is 18.4 Å². The first-order chi connectivity index (χ1) is 17.3. The van der Waals surface area contributed by atoms with Crippen LogP contribution in [0.15, 0.2) is 50.3 Å². The minimum Gasteiger partial charge on any atom is -0.387 e. The number of hydrogen-bond acceptors (Lipinski definition) is 6. The second kappa shape index (κ2) is 10.2. The maximum Gasteiger partial charge on any atom is 0.253 e. The predicted octanol–water partition coefficient (Wildman–Crippen LogP) is 4.93. The molecule has 0 saturated carbocycles. The average Bonchev–Trinajstić information content (AvgIpc) is 3.52. The number of rotatable bonds is 5. The summed E-state index contributed by atoms with van der Waals surface area (Å²) < 4.78 is 30.4. The molecule has 1 atom stereocenters. The van der Waals surface area contributed by atoms with Gasteiger partial charge in [0.1, 0.15) is 23.9 Å². The van der Waals surface area contributed by atoms with Gasteiger partial charge in [0.25, 0.3) is 5.56 Å². The summed E-state index contributed by atoms with van der Waals surface area (Å²) in [7, 11) is 0. The van der Waals surface area contributed by atoms with Crippen molar-refractivity contribution in [1.29, 1.82) is 0 Å². The van der Waals surface area contributed by atoms with Gasteiger partial charge in [-0.1, -0.05) is 11.2 Å². The summed E-state index contributed by atoms with van der Waals surface area (Å²) in [6.45, 7) is 2.90. The Morgan fingerprint density at radius 1 is 1.25 bits per heavy atom. The molecule has 7 nitrogen and oxygen atoms in total. The molecule has 4 heterocycles. The first-order valence-corrected chi connectivity index (χ1v) is 13.2. The van der Waals surface area contributed by atoms with Gasteiger partial charge in [0.2, 0.25) is 5.91 Å². The molecule has 188 valence electrons. The van der Waals surface area contributed by atoms with Crippen LogP contribution in [-0.2, 0) is 16.2 Å². The number of piperidine rings is 1. The molecule has 0 N–H and O–H groups in total. The number of benzene rings is 1. The zero-order valence-electron chi connectivity index (χ0n) is 19.4. The van der Waals surface area contributed by atoms with Crippen LogP contribution in [0.4, 0.5) is 8.78 Å². The fourth-order valence-electron chi connectivity index (χ4n) is 4.59. The number of pyridine rings is 1. The number of amides is 1. The molecule has 1 unspecified atom stereocenters. The summed E-state index contributed by atoms with van der Waals surface area (Å²) in [5.41, 5.74) is 1.50. The van der Waals surface area contributed by atoms with Crippen molar-refractivity contribution in [2.24, 2.45) is 5.16 Å². The van der Waals surface area contributed by atoms with E-state index in [2.05, 4.69) is 21.1 Å². The Balaban J connectivity index is 1.18. The van der Waals surface area contributed by atoms with Crippen LogP contribution in [0.5, 0.6) is 0 Å². The molecule has 5 rings (SSSR count). The van der Waals surface area contributed by atoms with Gasteiger partial charge < -0.3 is 14.3 Å². The lowest BCUT2D eigenvalue weighted by Crippen LogP contribution is -2.41. The Labute approximate surface area is 218 Å². The van der Waals surface area contributed by atoms with Gasteiger partial charge in [0.05, 0.1) is 16.3 Å². The standard InChI is InChI=1S/C25H23BrF2N4O3S/c1-14-9-16(26)11-32(25(14)34)12-22(33)31-7-5-15(6-8-31)24-29-20(13-36-24)19-10-21(35-30-19)23-17(27)3-2-4-18(23)28/h2-4,9,11,13,15,21H,5-8,10,12H2,1H3. The van der Waals surface area contributed by atoms with Gasteiger partial charge in [0.15, 0.2) is 6.10 Å². The fourth-order valence-corrected chi connectivity index (χ4v) is 6.18. The molecule has 1 amide bonds. The summed E-state index contributed by atoms with van der Waals surface area (Å²) in [6.07, 6.45) is 2.58. The Morgan fingerprint density at radius 2 is 1.97 bits per heavy atom. The largest absolute Gasteiger partial charge is 0.387 e. The molecule has 1 aromatic carbocycles. The number of aromatic nitrogens is 2. The summed E-state index contributed by atoms with van der Waals surface area (Å²) in [5.74, 6) is -1.20. The van der Waals surface area contributed by atoms with E-state index >= 15 is 0 Å². The summed E-state index contributed by atoms with van der Waals surface area (Å²) in [5, 5.41) is 6.87. The second-order valence-corrected chi connectivity index (χ2v) is 10.8. The highest BCUT2D eigenvalue weighted by atomic mass is 79.9. The van der Waals surface area contributed by atoms with Crippen molar-refractivity contribution in [1.82, 2.24) is 14.5 Å². The van der Waals surface area contributed by atoms with E-state index in [0.717, 1.165) is 22.3 Å². The van der Waals surface area contributed by atoms with E-state index in [0.29, 0.717) is 30.1 Å². The van der Waals surface area contributed by atoms with E-state index in [4.69, 9.17) is 9.82 Å². The van der Waals surface area contributed by atoms with Crippen LogP contribution >= 0.6 is 27.3 Å². The van der Waals surface area contributed by atoms with Gasteiger partial charge in [-0.3, -0.25) is 9.59 Å². The lowest BCUT2D eigenvalue weighted by Gasteiger charge is -2.31. The Hall–Kier alpha value is -2.92. The number of carbonyl (C=O) groups excluding carboxylic acids is 1. The zero-order chi connectivity index (χ0) is 25.4. The van der Waals surface area contributed by atoms with Gasteiger partial charge in [-0.25, -0.2) is 13.8 Å². The molecular formula is C25H23BrF2N4O3S. The molecule has 0 aliphatic carbocycles. The highest BCUT2D eigenvalue weighted by molar-refractivity contribution is 9.10. The number of halogens is 3. The van der Waals surface area contributed by atoms with E-state index in [1.54, 1.807) is 24.1 Å². The molecule has 0 bridgehead atoms. The maximum absolute atomic E-state index is 14.1. The summed E-state index contributed by atoms with van der Waals surface area (Å²) in [6, 6.07) is 5.46. The van der Waals surface area contributed by atoms with Gasteiger partial charge in [-0.2, -0.15) is 0 Å². The number of hydrogen-bond donors (Lipinski definition) is 0. The lowest BCUT2D eigenvalue weighted by atomic mass is 9.97. The van der Waals surface area contributed by atoms with E-state index in [-0.39, 0.29) is 35.9 Å². The maximum atomic E-state index is 14.1. The van der Waals surface area contributed by atoms with Crippen molar-refractivity contribution in [3.05, 3.63) is 84.1 Å². The van der Waals surface area contributed by atoms with Gasteiger partial charge in [-0.15, -0.1) is 11.3 Å². The van der Waals surface area contributed by atoms with Crippen molar-refractivity contribution in [3.8, 4) is 0 Å². The van der Waals surface area contributed by atoms with Crippen LogP contribution < -0.4 is 5.56 Å². The molecule has 36 heavy (non-hydrogen) atoms. The molecule has 2 aromatic heterocycles. The molecule has 11 heteroatoms. The first kappa shape index (κ1) is 24.8. The Bertz CT molecular complexity index is 1380. The first-order valence-electron chi connectivity index (χ1n) is 11.6. The Kier molecular flexibility index (Phi) is 7.03. The number of carbonyl (C=O) groups is 1. The normalized spacial score (nSPS) is 18.3. The minimum absolute atomic E-state index is 0.00870. The predicted molar refractivity (Wildman–Crippen MR) is 135 cm³/mol. The minimum atomic E-state index is -0.817. The number of likely N-dealkylation sites (tertiary alicyclic amines) is 1. The van der Waals surface area contributed by atoms with E-state index in [1.807, 2.05) is 5.38 Å². The van der Waals surface area contributed by atoms with Gasteiger partial charge >= 0.3 is 0 Å². The third-order valence-corrected chi connectivity index (χ3v) is 7.98. The Morgan fingerprint density at radius 3 is 2.69 bits per heavy atom. The van der Waals surface area contributed by atoms with Crippen molar-refractivity contribution in [3.63, 3.8) is 0 Å². The molecular weight excluding hydrogens is 554 g/mol. The number of nitrogens with zero attached hydrogens (tertiary/aromatic N) is 4. The zero-order valence-corrected chi connectivity index (χ0v) is 21.8. The van der Waals surface area contributed by atoms with Crippen molar-refractivity contribution >= 4 is 38.9 Å². The van der Waals surface area contributed by atoms with Crippen LogP contribution in [0.25, 0.3) is 0 Å². The quantitative estimate of drug-likeness (QED) is 0.431. The van der Waals surface area contributed by atoms with Crippen LogP contribution in [0.3, 0.4) is 0 Å². The van der Waals surface area contributed by atoms with Crippen LogP contribution in [0.1, 0.15) is 53.1 Å². The smallest absolute Gasteiger partial charge is 0.253 e. The number of aryl methyl sites for hydroxylation is 1. The molecule has 3 aromatic rings. The molecule has 2 aliphatic rings. The van der Waals surface area contributed by atoms with Crippen molar-refractivity contribution in [2.75, 3.05) is 13.1 Å². The highest BCUT2D eigenvalue weighted by Gasteiger charge is 2.31. The monoisotopic (exact) mass is 576 g/mol. The summed E-state index contributed by atoms with van der Waals surface area (Å²) >= 11 is 4.89. The number of oxime groups is 1. The molecule has 2 aliphatic heterocycles. The second-order valence-electron chi connectivity index (χ2n) is 8.97. The molecule has 0 spiro atoms. The topological polar surface area (TPSA) is 76.8 Å². The molecule has 1 fully saturated rings.